The number of ether oxygens (including phenoxy) is 1. The fourth-order valence-electron chi connectivity index (χ4n) is 3.40. The first-order valence-corrected chi connectivity index (χ1v) is 11.4. The quantitative estimate of drug-likeness (QED) is 0.300. The lowest BCUT2D eigenvalue weighted by Gasteiger charge is -2.22. The highest BCUT2D eigenvalue weighted by Gasteiger charge is 2.23. The van der Waals surface area contributed by atoms with Crippen LogP contribution in [0.2, 0.25) is 5.02 Å². The van der Waals surface area contributed by atoms with Gasteiger partial charge in [0, 0.05) is 18.7 Å². The van der Waals surface area contributed by atoms with Gasteiger partial charge >= 0.3 is 0 Å². The van der Waals surface area contributed by atoms with Crippen LogP contribution in [-0.2, 0) is 0 Å². The highest BCUT2D eigenvalue weighted by atomic mass is 35.5. The normalized spacial score (nSPS) is 10.8. The van der Waals surface area contributed by atoms with Crippen molar-refractivity contribution in [2.75, 3.05) is 39.2 Å². The molecule has 33 heavy (non-hydrogen) atoms. The molecule has 0 fully saturated rings. The topological polar surface area (TPSA) is 45.7 Å². The molecule has 0 radical (unpaired) electrons. The maximum Gasteiger partial charge on any atom is 0.260 e. The molecule has 0 saturated carbocycles. The Morgan fingerprint density at radius 3 is 2.27 bits per heavy atom. The van der Waals surface area contributed by atoms with Gasteiger partial charge in [0.15, 0.2) is 5.13 Å². The van der Waals surface area contributed by atoms with Gasteiger partial charge in [-0.1, -0.05) is 65.4 Å². The lowest BCUT2D eigenvalue weighted by atomic mass is 10.0. The van der Waals surface area contributed by atoms with Crippen LogP contribution in [0.3, 0.4) is 0 Å². The summed E-state index contributed by atoms with van der Waals surface area (Å²) in [7, 11) is 5.57. The van der Waals surface area contributed by atoms with Gasteiger partial charge in [-0.15, -0.1) is 12.4 Å². The van der Waals surface area contributed by atoms with E-state index in [1.807, 2.05) is 61.5 Å². The van der Waals surface area contributed by atoms with Crippen LogP contribution in [0, 0.1) is 0 Å². The molecule has 1 heterocycles. The largest absolute Gasteiger partial charge is 0.494 e. The zero-order valence-electron chi connectivity index (χ0n) is 18.6. The smallest absolute Gasteiger partial charge is 0.260 e. The summed E-state index contributed by atoms with van der Waals surface area (Å²) < 4.78 is 6.26. The Hall–Kier alpha value is -2.64. The van der Waals surface area contributed by atoms with Crippen molar-refractivity contribution in [1.82, 2.24) is 9.88 Å². The first-order chi connectivity index (χ1) is 15.5. The van der Waals surface area contributed by atoms with Crippen molar-refractivity contribution in [1.29, 1.82) is 0 Å². The first-order valence-electron chi connectivity index (χ1n) is 10.2. The number of fused-ring (bicyclic) bond motifs is 1. The molecule has 1 amide bonds. The van der Waals surface area contributed by atoms with E-state index in [4.69, 9.17) is 21.3 Å². The van der Waals surface area contributed by atoms with Crippen LogP contribution < -0.4 is 9.64 Å². The second kappa shape index (κ2) is 11.0. The summed E-state index contributed by atoms with van der Waals surface area (Å²) in [5, 5.41) is 1.20. The Morgan fingerprint density at radius 1 is 0.970 bits per heavy atom. The lowest BCUT2D eigenvalue weighted by Crippen LogP contribution is -2.36. The van der Waals surface area contributed by atoms with Gasteiger partial charge in [-0.2, -0.15) is 0 Å². The highest BCUT2D eigenvalue weighted by molar-refractivity contribution is 7.23. The van der Waals surface area contributed by atoms with Crippen LogP contribution in [0.1, 0.15) is 10.4 Å². The third-order valence-corrected chi connectivity index (χ3v) is 6.69. The van der Waals surface area contributed by atoms with Crippen molar-refractivity contribution >= 4 is 56.6 Å². The van der Waals surface area contributed by atoms with Crippen LogP contribution in [-0.4, -0.2) is 50.1 Å². The molecule has 0 aliphatic rings. The van der Waals surface area contributed by atoms with Gasteiger partial charge in [0.1, 0.15) is 11.3 Å². The van der Waals surface area contributed by atoms with Gasteiger partial charge < -0.3 is 9.64 Å². The minimum absolute atomic E-state index is 0. The molecule has 0 bridgehead atoms. The molecular weight excluding hydrogens is 477 g/mol. The van der Waals surface area contributed by atoms with E-state index in [9.17, 15) is 4.79 Å². The van der Waals surface area contributed by atoms with Crippen molar-refractivity contribution in [2.24, 2.45) is 0 Å². The Balaban J connectivity index is 0.00000306. The molecule has 0 aliphatic heterocycles. The number of amides is 1. The summed E-state index contributed by atoms with van der Waals surface area (Å²) in [4.78, 5) is 22.0. The Kier molecular flexibility index (Phi) is 8.32. The van der Waals surface area contributed by atoms with E-state index in [1.165, 1.54) is 11.3 Å². The van der Waals surface area contributed by atoms with Gasteiger partial charge in [-0.05, 0) is 49.5 Å². The standard InChI is InChI=1S/C25H24ClN3O2S.ClH/c1-28(2)15-16-29(25-27-22-21(31-3)14-13-20(26)23(22)32-25)24(30)19-11-9-18(10-12-19)17-7-5-4-6-8-17;/h4-14H,15-16H2,1-3H3;1H. The monoisotopic (exact) mass is 501 g/mol. The maximum absolute atomic E-state index is 13.5. The average Bonchev–Trinajstić information content (AvgIpc) is 3.26. The Labute approximate surface area is 209 Å². The number of hydrogen-bond acceptors (Lipinski definition) is 5. The van der Waals surface area contributed by atoms with Gasteiger partial charge in [0.2, 0.25) is 0 Å². The summed E-state index contributed by atoms with van der Waals surface area (Å²) >= 11 is 7.81. The Morgan fingerprint density at radius 2 is 1.64 bits per heavy atom. The lowest BCUT2D eigenvalue weighted by molar-refractivity contribution is 0.0985. The molecule has 4 aromatic rings. The van der Waals surface area contributed by atoms with E-state index < -0.39 is 0 Å². The van der Waals surface area contributed by atoms with Crippen molar-refractivity contribution in [3.63, 3.8) is 0 Å². The Bertz CT molecular complexity index is 1230. The summed E-state index contributed by atoms with van der Waals surface area (Å²) in [6.07, 6.45) is 0. The van der Waals surface area contributed by atoms with E-state index in [1.54, 1.807) is 24.1 Å². The molecule has 3 aromatic carbocycles. The van der Waals surface area contributed by atoms with E-state index >= 15 is 0 Å². The number of halogens is 2. The molecule has 0 aliphatic carbocycles. The molecule has 0 saturated heterocycles. The van der Waals surface area contributed by atoms with E-state index in [2.05, 4.69) is 12.1 Å². The summed E-state index contributed by atoms with van der Waals surface area (Å²) in [6.45, 7) is 1.21. The summed E-state index contributed by atoms with van der Waals surface area (Å²) in [6, 6.07) is 21.4. The van der Waals surface area contributed by atoms with Gasteiger partial charge in [-0.25, -0.2) is 4.98 Å². The molecule has 4 rings (SSSR count). The number of nitrogens with zero attached hydrogens (tertiary/aromatic N) is 3. The van der Waals surface area contributed by atoms with Gasteiger partial charge in [0.25, 0.3) is 5.91 Å². The first kappa shape index (κ1) is 25.0. The molecule has 1 aromatic heterocycles. The average molecular weight is 502 g/mol. The minimum atomic E-state index is -0.0967. The van der Waals surface area contributed by atoms with Crippen LogP contribution in [0.25, 0.3) is 21.3 Å². The van der Waals surface area contributed by atoms with E-state index in [0.29, 0.717) is 40.1 Å². The summed E-state index contributed by atoms with van der Waals surface area (Å²) in [5.41, 5.74) is 3.46. The van der Waals surface area contributed by atoms with Crippen LogP contribution in [0.4, 0.5) is 5.13 Å². The number of thiazole rings is 1. The van der Waals surface area contributed by atoms with E-state index in [-0.39, 0.29) is 18.3 Å². The van der Waals surface area contributed by atoms with Crippen LogP contribution in [0.5, 0.6) is 5.75 Å². The molecule has 0 unspecified atom stereocenters. The van der Waals surface area contributed by atoms with E-state index in [0.717, 1.165) is 15.8 Å². The third kappa shape index (κ3) is 5.47. The second-order valence-corrected chi connectivity index (χ2v) is 9.01. The number of carbonyl (C=O) groups excluding carboxylic acids is 1. The predicted octanol–water partition coefficient (Wildman–Crippen LogP) is 6.26. The fourth-order valence-corrected chi connectivity index (χ4v) is 4.68. The predicted molar refractivity (Wildman–Crippen MR) is 141 cm³/mol. The van der Waals surface area contributed by atoms with Gasteiger partial charge in [-0.3, -0.25) is 9.69 Å². The van der Waals surface area contributed by atoms with Crippen molar-refractivity contribution < 1.29 is 9.53 Å². The number of hydrogen-bond donors (Lipinski definition) is 0. The molecule has 5 nitrogen and oxygen atoms in total. The molecule has 0 atom stereocenters. The highest BCUT2D eigenvalue weighted by Crippen LogP contribution is 2.39. The molecular formula is C25H25Cl2N3O2S. The zero-order chi connectivity index (χ0) is 22.7. The SMILES string of the molecule is COc1ccc(Cl)c2sc(N(CCN(C)C)C(=O)c3ccc(-c4ccccc4)cc3)nc12.Cl. The van der Waals surface area contributed by atoms with Crippen LogP contribution >= 0.6 is 35.3 Å². The maximum atomic E-state index is 13.5. The number of benzene rings is 3. The third-order valence-electron chi connectivity index (χ3n) is 5.15. The summed E-state index contributed by atoms with van der Waals surface area (Å²) in [5.74, 6) is 0.541. The molecule has 0 N–H and O–H groups in total. The van der Waals surface area contributed by atoms with Crippen molar-refractivity contribution in [3.05, 3.63) is 77.3 Å². The number of aromatic nitrogens is 1. The minimum Gasteiger partial charge on any atom is -0.494 e. The number of likely N-dealkylation sites (N-methyl/N-ethyl adjacent to an activating group) is 1. The number of carbonyl (C=O) groups is 1. The zero-order valence-corrected chi connectivity index (χ0v) is 21.0. The second-order valence-electron chi connectivity index (χ2n) is 7.63. The van der Waals surface area contributed by atoms with Crippen molar-refractivity contribution in [2.45, 2.75) is 0 Å². The number of methoxy groups -OCH3 is 1. The number of rotatable bonds is 7. The molecule has 8 heteroatoms. The molecule has 172 valence electrons. The van der Waals surface area contributed by atoms with Crippen LogP contribution in [0.15, 0.2) is 66.7 Å². The fraction of sp³-hybridized carbons (Fsp3) is 0.200. The number of anilines is 1. The van der Waals surface area contributed by atoms with Crippen molar-refractivity contribution in [3.8, 4) is 16.9 Å². The van der Waals surface area contributed by atoms with Gasteiger partial charge in [0.05, 0.1) is 16.8 Å². The molecule has 0 spiro atoms.